The Bertz CT molecular complexity index is 94.9. The van der Waals surface area contributed by atoms with Crippen LogP contribution in [0.4, 0.5) is 0 Å². The summed E-state index contributed by atoms with van der Waals surface area (Å²) in [5, 5.41) is 0. The Hall–Kier alpha value is -0.330. The van der Waals surface area contributed by atoms with E-state index < -0.39 is 0 Å². The molecule has 0 aromatic carbocycles. The summed E-state index contributed by atoms with van der Waals surface area (Å²) >= 11 is 0. The van der Waals surface area contributed by atoms with Crippen LogP contribution in [0.25, 0.3) is 0 Å². The lowest BCUT2D eigenvalue weighted by Gasteiger charge is -2.14. The molecule has 1 radical (unpaired) electrons. The van der Waals surface area contributed by atoms with Crippen molar-refractivity contribution < 1.29 is 4.79 Å². The Morgan fingerprint density at radius 1 is 1.40 bits per heavy atom. The predicted molar refractivity (Wildman–Crippen MR) is 43.7 cm³/mol. The SMILES string of the molecule is CCCC[CH]C(C)(C)C=O. The summed E-state index contributed by atoms with van der Waals surface area (Å²) in [7, 11) is 0. The van der Waals surface area contributed by atoms with E-state index in [0.29, 0.717) is 0 Å². The van der Waals surface area contributed by atoms with E-state index in [-0.39, 0.29) is 5.41 Å². The van der Waals surface area contributed by atoms with Crippen LogP contribution in [-0.2, 0) is 4.79 Å². The van der Waals surface area contributed by atoms with Gasteiger partial charge in [0.2, 0.25) is 0 Å². The van der Waals surface area contributed by atoms with E-state index in [9.17, 15) is 4.79 Å². The molecule has 0 rings (SSSR count). The minimum Gasteiger partial charge on any atom is -0.303 e. The van der Waals surface area contributed by atoms with E-state index in [2.05, 4.69) is 13.3 Å². The molecule has 10 heavy (non-hydrogen) atoms. The van der Waals surface area contributed by atoms with E-state index in [0.717, 1.165) is 12.7 Å². The molecule has 1 heteroatoms. The van der Waals surface area contributed by atoms with Gasteiger partial charge in [-0.05, 0) is 12.8 Å². The molecule has 0 spiro atoms. The van der Waals surface area contributed by atoms with Gasteiger partial charge >= 0.3 is 0 Å². The molecule has 0 bridgehead atoms. The monoisotopic (exact) mass is 141 g/mol. The highest BCUT2D eigenvalue weighted by Crippen LogP contribution is 2.18. The summed E-state index contributed by atoms with van der Waals surface area (Å²) < 4.78 is 0. The zero-order valence-electron chi connectivity index (χ0n) is 7.18. The second-order valence-electron chi connectivity index (χ2n) is 3.29. The van der Waals surface area contributed by atoms with Gasteiger partial charge in [-0.25, -0.2) is 0 Å². The van der Waals surface area contributed by atoms with Gasteiger partial charge < -0.3 is 4.79 Å². The van der Waals surface area contributed by atoms with Gasteiger partial charge in [0.1, 0.15) is 6.29 Å². The normalized spacial score (nSPS) is 11.5. The Kier molecular flexibility index (Phi) is 4.33. The minimum absolute atomic E-state index is 0.213. The molecule has 0 aliphatic carbocycles. The molecule has 0 aromatic heterocycles. The van der Waals surface area contributed by atoms with Crippen LogP contribution in [0.1, 0.15) is 40.0 Å². The van der Waals surface area contributed by atoms with Crippen molar-refractivity contribution in [2.75, 3.05) is 0 Å². The molecule has 0 aliphatic rings. The molecule has 0 N–H and O–H groups in total. The van der Waals surface area contributed by atoms with E-state index in [4.69, 9.17) is 0 Å². The molecule has 0 fully saturated rings. The average Bonchev–Trinajstić information content (AvgIpc) is 1.89. The van der Waals surface area contributed by atoms with Crippen LogP contribution < -0.4 is 0 Å². The van der Waals surface area contributed by atoms with Crippen molar-refractivity contribution in [3.63, 3.8) is 0 Å². The minimum atomic E-state index is -0.213. The Morgan fingerprint density at radius 3 is 2.40 bits per heavy atom. The van der Waals surface area contributed by atoms with Crippen LogP contribution in [0, 0.1) is 11.8 Å². The molecular formula is C9H17O. The zero-order chi connectivity index (χ0) is 8.04. The van der Waals surface area contributed by atoms with E-state index in [1.54, 1.807) is 0 Å². The number of aldehydes is 1. The summed E-state index contributed by atoms with van der Waals surface area (Å²) in [6.07, 6.45) is 6.54. The fourth-order valence-corrected chi connectivity index (χ4v) is 0.726. The van der Waals surface area contributed by atoms with Crippen LogP contribution in [0.2, 0.25) is 0 Å². The summed E-state index contributed by atoms with van der Waals surface area (Å²) in [5.41, 5.74) is -0.213. The largest absolute Gasteiger partial charge is 0.303 e. The van der Waals surface area contributed by atoms with Crippen LogP contribution in [-0.4, -0.2) is 6.29 Å². The molecule has 0 amide bonds. The van der Waals surface area contributed by atoms with Crippen molar-refractivity contribution in [1.29, 1.82) is 0 Å². The molecule has 0 heterocycles. The first-order valence-electron chi connectivity index (χ1n) is 3.93. The molecule has 0 aliphatic heterocycles. The first-order valence-corrected chi connectivity index (χ1v) is 3.93. The first-order chi connectivity index (χ1) is 4.62. The van der Waals surface area contributed by atoms with Crippen LogP contribution in [0.3, 0.4) is 0 Å². The highest BCUT2D eigenvalue weighted by Gasteiger charge is 2.14. The van der Waals surface area contributed by atoms with Crippen LogP contribution >= 0.6 is 0 Å². The lowest BCUT2D eigenvalue weighted by molar-refractivity contribution is -0.113. The number of carbonyl (C=O) groups is 1. The standard InChI is InChI=1S/C9H17O/c1-4-5-6-7-9(2,3)8-10/h7-8H,4-6H2,1-3H3. The van der Waals surface area contributed by atoms with Gasteiger partial charge in [-0.1, -0.05) is 33.6 Å². The third-order valence-corrected chi connectivity index (χ3v) is 1.53. The summed E-state index contributed by atoms with van der Waals surface area (Å²) in [6.45, 7) is 6.03. The molecule has 0 atom stereocenters. The summed E-state index contributed by atoms with van der Waals surface area (Å²) in [5.74, 6) is 0. The smallest absolute Gasteiger partial charge is 0.125 e. The fourth-order valence-electron chi connectivity index (χ4n) is 0.726. The predicted octanol–water partition coefficient (Wildman–Crippen LogP) is 2.61. The molecule has 0 saturated carbocycles. The molecule has 0 saturated heterocycles. The molecule has 0 unspecified atom stereocenters. The number of rotatable bonds is 5. The second-order valence-corrected chi connectivity index (χ2v) is 3.29. The number of hydrogen-bond donors (Lipinski definition) is 0. The number of hydrogen-bond acceptors (Lipinski definition) is 1. The van der Waals surface area contributed by atoms with Crippen molar-refractivity contribution in [2.45, 2.75) is 40.0 Å². The van der Waals surface area contributed by atoms with Gasteiger partial charge in [-0.2, -0.15) is 0 Å². The van der Waals surface area contributed by atoms with Crippen molar-refractivity contribution >= 4 is 6.29 Å². The quantitative estimate of drug-likeness (QED) is 0.425. The van der Waals surface area contributed by atoms with Gasteiger partial charge in [-0.3, -0.25) is 0 Å². The molecular weight excluding hydrogens is 124 g/mol. The van der Waals surface area contributed by atoms with Crippen LogP contribution in [0.5, 0.6) is 0 Å². The maximum Gasteiger partial charge on any atom is 0.125 e. The molecule has 1 nitrogen and oxygen atoms in total. The van der Waals surface area contributed by atoms with Gasteiger partial charge in [-0.15, -0.1) is 0 Å². The fraction of sp³-hybridized carbons (Fsp3) is 0.778. The van der Waals surface area contributed by atoms with E-state index in [1.165, 1.54) is 12.8 Å². The third kappa shape index (κ3) is 4.54. The number of carbonyl (C=O) groups excluding carboxylic acids is 1. The maximum atomic E-state index is 10.4. The van der Waals surface area contributed by atoms with Crippen molar-refractivity contribution in [3.05, 3.63) is 6.42 Å². The Labute approximate surface area is 63.8 Å². The lowest BCUT2D eigenvalue weighted by atomic mass is 9.89. The van der Waals surface area contributed by atoms with Crippen molar-refractivity contribution in [1.82, 2.24) is 0 Å². The van der Waals surface area contributed by atoms with Crippen molar-refractivity contribution in [3.8, 4) is 0 Å². The second kappa shape index (κ2) is 4.48. The Balaban J connectivity index is 3.37. The van der Waals surface area contributed by atoms with E-state index in [1.807, 2.05) is 13.8 Å². The average molecular weight is 141 g/mol. The van der Waals surface area contributed by atoms with Crippen molar-refractivity contribution in [2.24, 2.45) is 5.41 Å². The van der Waals surface area contributed by atoms with Gasteiger partial charge in [0.15, 0.2) is 0 Å². The van der Waals surface area contributed by atoms with Gasteiger partial charge in [0.25, 0.3) is 0 Å². The van der Waals surface area contributed by atoms with Gasteiger partial charge in [0.05, 0.1) is 0 Å². The lowest BCUT2D eigenvalue weighted by Crippen LogP contribution is -2.13. The van der Waals surface area contributed by atoms with Crippen LogP contribution in [0.15, 0.2) is 0 Å². The number of unbranched alkanes of at least 4 members (excludes halogenated alkanes) is 2. The summed E-state index contributed by atoms with van der Waals surface area (Å²) in [6, 6.07) is 0. The van der Waals surface area contributed by atoms with E-state index >= 15 is 0 Å². The summed E-state index contributed by atoms with van der Waals surface area (Å²) in [4.78, 5) is 10.4. The molecule has 59 valence electrons. The Morgan fingerprint density at radius 2 is 2.00 bits per heavy atom. The first kappa shape index (κ1) is 9.67. The molecule has 0 aromatic rings. The highest BCUT2D eigenvalue weighted by molar-refractivity contribution is 5.60. The maximum absolute atomic E-state index is 10.4. The highest BCUT2D eigenvalue weighted by atomic mass is 16.1. The third-order valence-electron chi connectivity index (χ3n) is 1.53. The zero-order valence-corrected chi connectivity index (χ0v) is 7.18. The van der Waals surface area contributed by atoms with Gasteiger partial charge in [0, 0.05) is 5.41 Å². The topological polar surface area (TPSA) is 17.1 Å².